The van der Waals surface area contributed by atoms with E-state index in [0.29, 0.717) is 0 Å². The second-order valence-corrected chi connectivity index (χ2v) is 7.19. The Morgan fingerprint density at radius 1 is 1.50 bits per heavy atom. The summed E-state index contributed by atoms with van der Waals surface area (Å²) >= 11 is 9.98. The molecule has 0 amide bonds. The number of halogens is 1. The van der Waals surface area contributed by atoms with Gasteiger partial charge in [-0.1, -0.05) is 21.2 Å². The van der Waals surface area contributed by atoms with E-state index >= 15 is 0 Å². The Bertz CT molecular complexity index is 421. The zero-order valence-electron chi connectivity index (χ0n) is 7.18. The summed E-state index contributed by atoms with van der Waals surface area (Å²) in [6.45, 7) is 0. The first-order chi connectivity index (χ1) is 6.68. The minimum absolute atomic E-state index is 0.0147. The van der Waals surface area contributed by atoms with Crippen molar-refractivity contribution >= 4 is 48.7 Å². The highest BCUT2D eigenvalue weighted by molar-refractivity contribution is 8.99. The van der Waals surface area contributed by atoms with Crippen molar-refractivity contribution in [3.05, 3.63) is 24.3 Å². The third-order valence-electron chi connectivity index (χ3n) is 2.00. The van der Waals surface area contributed by atoms with Gasteiger partial charge in [-0.3, -0.25) is 4.79 Å². The predicted octanol–water partition coefficient (Wildman–Crippen LogP) is 3.13. The van der Waals surface area contributed by atoms with Crippen LogP contribution in [0.5, 0.6) is 0 Å². The molecule has 0 saturated carbocycles. The first-order valence-electron chi connectivity index (χ1n) is 3.96. The van der Waals surface area contributed by atoms with Crippen LogP contribution in [0.3, 0.4) is 0 Å². The highest BCUT2D eigenvalue weighted by Crippen LogP contribution is 2.64. The number of nitrogens with zero attached hydrogens (tertiary/aromatic N) is 1. The summed E-state index contributed by atoms with van der Waals surface area (Å²) in [5.74, 6) is -0.0147. The van der Waals surface area contributed by atoms with Crippen LogP contribution in [0, 0.1) is 0 Å². The van der Waals surface area contributed by atoms with Gasteiger partial charge in [0, 0.05) is 4.90 Å². The number of carbonyl (C=O) groups is 1. The van der Waals surface area contributed by atoms with E-state index in [4.69, 9.17) is 11.6 Å². The molecule has 1 heterocycles. The van der Waals surface area contributed by atoms with E-state index in [9.17, 15) is 4.79 Å². The Kier molecular flexibility index (Phi) is 2.60. The highest BCUT2D eigenvalue weighted by Gasteiger charge is 2.33. The molecule has 2 nitrogen and oxygen atoms in total. The largest absolute Gasteiger partial charge is 0.286 e. The number of rotatable bonds is 1. The van der Waals surface area contributed by atoms with Gasteiger partial charge in [0.1, 0.15) is 0 Å². The van der Waals surface area contributed by atoms with Crippen LogP contribution >= 0.6 is 32.3 Å². The van der Waals surface area contributed by atoms with Crippen LogP contribution in [0.2, 0.25) is 0 Å². The maximum atomic E-state index is 11.6. The summed E-state index contributed by atoms with van der Waals surface area (Å²) in [7, 11) is -1.86. The molecule has 14 heavy (non-hydrogen) atoms. The molecule has 0 saturated heterocycles. The number of thiol groups is 1. The fourth-order valence-electron chi connectivity index (χ4n) is 1.28. The van der Waals surface area contributed by atoms with Gasteiger partial charge < -0.3 is 0 Å². The van der Waals surface area contributed by atoms with Crippen LogP contribution in [0.4, 0.5) is 5.69 Å². The van der Waals surface area contributed by atoms with Crippen molar-refractivity contribution in [2.75, 3.05) is 5.88 Å². The van der Waals surface area contributed by atoms with Crippen LogP contribution in [0.25, 0.3) is 0 Å². The lowest BCUT2D eigenvalue weighted by atomic mass is 10.3. The van der Waals surface area contributed by atoms with Crippen molar-refractivity contribution in [2.45, 2.75) is 4.90 Å². The second kappa shape index (κ2) is 3.61. The van der Waals surface area contributed by atoms with Gasteiger partial charge in [-0.05, 0) is 12.1 Å². The van der Waals surface area contributed by atoms with Crippen LogP contribution in [0.1, 0.15) is 0 Å². The summed E-state index contributed by atoms with van der Waals surface area (Å²) in [5.41, 5.74) is 2.46. The van der Waals surface area contributed by atoms with Crippen LogP contribution < -0.4 is 0 Å². The van der Waals surface area contributed by atoms with E-state index in [1.165, 1.54) is 0 Å². The quantitative estimate of drug-likeness (QED) is 0.460. The summed E-state index contributed by atoms with van der Waals surface area (Å²) in [4.78, 5) is 16.7. The Labute approximate surface area is 93.5 Å². The van der Waals surface area contributed by atoms with E-state index < -0.39 is 9.06 Å². The SMILES string of the molecule is O=C(CCl)S1(S)C=Nc2ccccc21. The predicted molar refractivity (Wildman–Crippen MR) is 65.2 cm³/mol. The van der Waals surface area contributed by atoms with Gasteiger partial charge in [-0.25, -0.2) is 4.99 Å². The van der Waals surface area contributed by atoms with Crippen LogP contribution in [-0.2, 0) is 4.79 Å². The molecular weight excluding hydrogens is 238 g/mol. The highest BCUT2D eigenvalue weighted by atomic mass is 35.5. The summed E-state index contributed by atoms with van der Waals surface area (Å²) in [6.07, 6.45) is 0. The molecule has 0 fully saturated rings. The minimum Gasteiger partial charge on any atom is -0.286 e. The number of hydrogen-bond acceptors (Lipinski definition) is 3. The van der Waals surface area contributed by atoms with Gasteiger partial charge in [-0.2, -0.15) is 0 Å². The van der Waals surface area contributed by atoms with Crippen LogP contribution in [-0.4, -0.2) is 16.5 Å². The summed E-state index contributed by atoms with van der Waals surface area (Å²) in [6, 6.07) is 7.53. The van der Waals surface area contributed by atoms with E-state index in [-0.39, 0.29) is 11.0 Å². The molecule has 5 heteroatoms. The van der Waals surface area contributed by atoms with E-state index in [2.05, 4.69) is 16.7 Å². The summed E-state index contributed by atoms with van der Waals surface area (Å²) in [5, 5.41) is -0.0591. The third kappa shape index (κ3) is 1.38. The maximum absolute atomic E-state index is 11.6. The average Bonchev–Trinajstić information content (AvgIpc) is 2.58. The molecule has 1 atom stereocenters. The molecule has 1 unspecified atom stereocenters. The molecule has 0 spiro atoms. The van der Waals surface area contributed by atoms with Gasteiger partial charge in [0.25, 0.3) is 0 Å². The summed E-state index contributed by atoms with van der Waals surface area (Å²) < 4.78 is 0. The van der Waals surface area contributed by atoms with Crippen molar-refractivity contribution < 1.29 is 4.79 Å². The van der Waals surface area contributed by atoms with Crippen molar-refractivity contribution in [3.8, 4) is 0 Å². The first-order valence-corrected chi connectivity index (χ1v) is 7.24. The zero-order valence-corrected chi connectivity index (χ0v) is 9.65. The number of para-hydroxylation sites is 1. The molecule has 1 aromatic carbocycles. The zero-order chi connectivity index (χ0) is 10.2. The second-order valence-electron chi connectivity index (χ2n) is 2.83. The minimum atomic E-state index is -1.86. The lowest BCUT2D eigenvalue weighted by Gasteiger charge is -2.23. The Morgan fingerprint density at radius 3 is 2.93 bits per heavy atom. The molecule has 2 rings (SSSR count). The van der Waals surface area contributed by atoms with Gasteiger partial charge in [0.05, 0.1) is 17.1 Å². The van der Waals surface area contributed by atoms with E-state index in [1.807, 2.05) is 24.3 Å². The molecule has 1 aromatic rings. The molecule has 1 aliphatic heterocycles. The number of benzene rings is 1. The van der Waals surface area contributed by atoms with Gasteiger partial charge in [0.15, 0.2) is 0 Å². The lowest BCUT2D eigenvalue weighted by Crippen LogP contribution is -2.07. The molecule has 74 valence electrons. The van der Waals surface area contributed by atoms with Gasteiger partial charge in [-0.15, -0.1) is 23.3 Å². The Balaban J connectivity index is 2.52. The maximum Gasteiger partial charge on any atom is 0.204 e. The number of fused-ring (bicyclic) bond motifs is 1. The fraction of sp³-hybridized carbons (Fsp3) is 0.111. The van der Waals surface area contributed by atoms with Crippen molar-refractivity contribution in [1.29, 1.82) is 0 Å². The van der Waals surface area contributed by atoms with Crippen molar-refractivity contribution in [3.63, 3.8) is 0 Å². The Hall–Kier alpha value is -0.450. The monoisotopic (exact) mass is 245 g/mol. The number of carbonyl (C=O) groups excluding carboxylic acids is 1. The molecule has 0 bridgehead atoms. The topological polar surface area (TPSA) is 29.4 Å². The third-order valence-corrected chi connectivity index (χ3v) is 6.15. The smallest absolute Gasteiger partial charge is 0.204 e. The molecular formula is C9H8ClNOS2. The fourth-order valence-corrected chi connectivity index (χ4v) is 4.46. The van der Waals surface area contributed by atoms with Gasteiger partial charge >= 0.3 is 0 Å². The van der Waals surface area contributed by atoms with Crippen molar-refractivity contribution in [2.24, 2.45) is 4.99 Å². The Morgan fingerprint density at radius 2 is 2.21 bits per heavy atom. The van der Waals surface area contributed by atoms with E-state index in [1.54, 1.807) is 5.55 Å². The molecule has 0 radical (unpaired) electrons. The molecule has 0 aromatic heterocycles. The molecule has 0 aliphatic carbocycles. The molecule has 0 N–H and O–H groups in total. The first kappa shape index (κ1) is 10.1. The normalized spacial score (nSPS) is 28.1. The van der Waals surface area contributed by atoms with Crippen molar-refractivity contribution in [1.82, 2.24) is 0 Å². The number of hydrogen-bond donors (Lipinski definition) is 1. The number of aliphatic imine (C=N–C) groups is 1. The van der Waals surface area contributed by atoms with Crippen LogP contribution in [0.15, 0.2) is 34.2 Å². The lowest BCUT2D eigenvalue weighted by molar-refractivity contribution is -0.109. The van der Waals surface area contributed by atoms with E-state index in [0.717, 1.165) is 10.6 Å². The average molecular weight is 246 g/mol. The van der Waals surface area contributed by atoms with Gasteiger partial charge in [0.2, 0.25) is 5.12 Å². The number of alkyl halides is 1. The standard InChI is InChI=1S/C9H8ClNOS2/c10-5-9(12)14(13)6-11-7-3-1-2-4-8(7)14/h1-4,6,13H,5H2. The molecule has 1 aliphatic rings.